The van der Waals surface area contributed by atoms with Crippen molar-refractivity contribution in [3.63, 3.8) is 0 Å². The van der Waals surface area contributed by atoms with Gasteiger partial charge in [-0.15, -0.1) is 0 Å². The summed E-state index contributed by atoms with van der Waals surface area (Å²) in [5.74, 6) is 0.351. The van der Waals surface area contributed by atoms with E-state index in [1.807, 2.05) is 24.3 Å². The maximum Gasteiger partial charge on any atom is 0.330 e. The number of ether oxygens (including phenoxy) is 2. The molecule has 0 amide bonds. The molecule has 1 rings (SSSR count). The molecule has 1 aromatic carbocycles. The molecule has 0 aromatic heterocycles. The minimum atomic E-state index is -0.401. The van der Waals surface area contributed by atoms with Crippen molar-refractivity contribution in [1.29, 1.82) is 0 Å². The third-order valence-electron chi connectivity index (χ3n) is 2.73. The molecule has 1 unspecified atom stereocenters. The van der Waals surface area contributed by atoms with Crippen LogP contribution in [0.1, 0.15) is 31.4 Å². The van der Waals surface area contributed by atoms with Crippen LogP contribution in [0.25, 0.3) is 0 Å². The van der Waals surface area contributed by atoms with Crippen molar-refractivity contribution in [2.45, 2.75) is 25.9 Å². The molecule has 5 heteroatoms. The van der Waals surface area contributed by atoms with Crippen molar-refractivity contribution in [2.24, 2.45) is 0 Å². The highest BCUT2D eigenvalue weighted by Gasteiger charge is 2.04. The summed E-state index contributed by atoms with van der Waals surface area (Å²) < 4.78 is 10.4. The average Bonchev–Trinajstić information content (AvgIpc) is 2.50. The molecular formula is C15H20O5. The third kappa shape index (κ3) is 5.86. The van der Waals surface area contributed by atoms with E-state index in [1.165, 1.54) is 0 Å². The molecule has 1 atom stereocenters. The van der Waals surface area contributed by atoms with Crippen LogP contribution in [0.3, 0.4) is 0 Å². The monoisotopic (exact) mass is 280 g/mol. The van der Waals surface area contributed by atoms with Crippen molar-refractivity contribution in [2.75, 3.05) is 13.2 Å². The number of carbonyl (C=O) groups excluding carboxylic acids is 1. The highest BCUT2D eigenvalue weighted by molar-refractivity contribution is 5.81. The summed E-state index contributed by atoms with van der Waals surface area (Å²) in [6, 6.07) is 7.31. The predicted octanol–water partition coefficient (Wildman–Crippen LogP) is 3.13. The molecule has 0 aliphatic rings. The summed E-state index contributed by atoms with van der Waals surface area (Å²) in [5, 5.41) is 8.57. The Kier molecular flexibility index (Phi) is 7.39. The molecule has 0 heterocycles. The van der Waals surface area contributed by atoms with Gasteiger partial charge in [0.2, 0.25) is 0 Å². The normalized spacial score (nSPS) is 11.7. The SMILES string of the molecule is C=CC(=O)OCCCCOc1ccc(C(C)OO)cc1. The van der Waals surface area contributed by atoms with E-state index in [0.29, 0.717) is 13.2 Å². The Hall–Kier alpha value is -1.85. The van der Waals surface area contributed by atoms with Crippen molar-refractivity contribution in [3.05, 3.63) is 42.5 Å². The van der Waals surface area contributed by atoms with Gasteiger partial charge in [0.1, 0.15) is 11.9 Å². The maximum atomic E-state index is 10.8. The smallest absolute Gasteiger partial charge is 0.330 e. The first-order valence-corrected chi connectivity index (χ1v) is 6.49. The molecule has 20 heavy (non-hydrogen) atoms. The average molecular weight is 280 g/mol. The Balaban J connectivity index is 2.19. The summed E-state index contributed by atoms with van der Waals surface area (Å²) >= 11 is 0. The first-order valence-electron chi connectivity index (χ1n) is 6.49. The minimum Gasteiger partial charge on any atom is -0.494 e. The summed E-state index contributed by atoms with van der Waals surface area (Å²) in [5.41, 5.74) is 0.871. The fourth-order valence-corrected chi connectivity index (χ4v) is 1.52. The van der Waals surface area contributed by atoms with Crippen LogP contribution in [0.2, 0.25) is 0 Å². The predicted molar refractivity (Wildman–Crippen MR) is 74.5 cm³/mol. The van der Waals surface area contributed by atoms with Gasteiger partial charge in [0, 0.05) is 6.08 Å². The number of hydrogen-bond acceptors (Lipinski definition) is 5. The van der Waals surface area contributed by atoms with Gasteiger partial charge in [-0.25, -0.2) is 9.68 Å². The van der Waals surface area contributed by atoms with Crippen molar-refractivity contribution in [1.82, 2.24) is 0 Å². The zero-order valence-electron chi connectivity index (χ0n) is 11.6. The van der Waals surface area contributed by atoms with Crippen LogP contribution in [-0.2, 0) is 14.4 Å². The van der Waals surface area contributed by atoms with Crippen molar-refractivity contribution >= 4 is 5.97 Å². The van der Waals surface area contributed by atoms with Crippen LogP contribution in [0.15, 0.2) is 36.9 Å². The molecular weight excluding hydrogens is 260 g/mol. The van der Waals surface area contributed by atoms with Crippen LogP contribution in [-0.4, -0.2) is 24.4 Å². The Labute approximate surface area is 118 Å². The van der Waals surface area contributed by atoms with Gasteiger partial charge >= 0.3 is 5.97 Å². The molecule has 0 saturated carbocycles. The molecule has 0 radical (unpaired) electrons. The van der Waals surface area contributed by atoms with Crippen LogP contribution in [0, 0.1) is 0 Å². The lowest BCUT2D eigenvalue weighted by molar-refractivity contribution is -0.277. The summed E-state index contributed by atoms with van der Waals surface area (Å²) in [4.78, 5) is 15.0. The number of rotatable bonds is 9. The van der Waals surface area contributed by atoms with Crippen molar-refractivity contribution in [3.8, 4) is 5.75 Å². The van der Waals surface area contributed by atoms with E-state index in [1.54, 1.807) is 6.92 Å². The largest absolute Gasteiger partial charge is 0.494 e. The van der Waals surface area contributed by atoms with Gasteiger partial charge in [-0.3, -0.25) is 5.26 Å². The van der Waals surface area contributed by atoms with Crippen LogP contribution < -0.4 is 4.74 Å². The lowest BCUT2D eigenvalue weighted by Crippen LogP contribution is -2.04. The first-order chi connectivity index (χ1) is 9.67. The molecule has 0 saturated heterocycles. The maximum absolute atomic E-state index is 10.8. The lowest BCUT2D eigenvalue weighted by atomic mass is 10.1. The third-order valence-corrected chi connectivity index (χ3v) is 2.73. The van der Waals surface area contributed by atoms with E-state index >= 15 is 0 Å². The molecule has 1 N–H and O–H groups in total. The second-order valence-corrected chi connectivity index (χ2v) is 4.24. The Bertz CT molecular complexity index is 413. The van der Waals surface area contributed by atoms with Crippen LogP contribution >= 0.6 is 0 Å². The second-order valence-electron chi connectivity index (χ2n) is 4.24. The summed E-state index contributed by atoms with van der Waals surface area (Å²) in [7, 11) is 0. The van der Waals surface area contributed by atoms with Crippen LogP contribution in [0.4, 0.5) is 0 Å². The minimum absolute atomic E-state index is 0.358. The van der Waals surface area contributed by atoms with Gasteiger partial charge in [-0.2, -0.15) is 0 Å². The van der Waals surface area contributed by atoms with Gasteiger partial charge in [0.05, 0.1) is 13.2 Å². The fraction of sp³-hybridized carbons (Fsp3) is 0.400. The molecule has 5 nitrogen and oxygen atoms in total. The van der Waals surface area contributed by atoms with Gasteiger partial charge in [0.15, 0.2) is 0 Å². The van der Waals surface area contributed by atoms with E-state index in [2.05, 4.69) is 11.5 Å². The Morgan fingerprint density at radius 3 is 2.55 bits per heavy atom. The number of carbonyl (C=O) groups is 1. The molecule has 0 bridgehead atoms. The summed E-state index contributed by atoms with van der Waals surface area (Å²) in [6.45, 7) is 5.99. The van der Waals surface area contributed by atoms with Crippen LogP contribution in [0.5, 0.6) is 5.75 Å². The first kappa shape index (κ1) is 16.2. The molecule has 1 aromatic rings. The highest BCUT2D eigenvalue weighted by atomic mass is 17.1. The number of esters is 1. The summed E-state index contributed by atoms with van der Waals surface area (Å²) in [6.07, 6.45) is 2.33. The van der Waals surface area contributed by atoms with E-state index in [4.69, 9.17) is 14.7 Å². The molecule has 110 valence electrons. The molecule has 0 spiro atoms. The topological polar surface area (TPSA) is 65.0 Å². The van der Waals surface area contributed by atoms with Crippen molar-refractivity contribution < 1.29 is 24.4 Å². The lowest BCUT2D eigenvalue weighted by Gasteiger charge is -2.10. The molecule has 0 aliphatic carbocycles. The Morgan fingerprint density at radius 1 is 1.30 bits per heavy atom. The van der Waals surface area contributed by atoms with Gasteiger partial charge in [0.25, 0.3) is 0 Å². The fourth-order valence-electron chi connectivity index (χ4n) is 1.52. The second kappa shape index (κ2) is 9.12. The van der Waals surface area contributed by atoms with E-state index in [0.717, 1.165) is 30.2 Å². The van der Waals surface area contributed by atoms with Gasteiger partial charge in [-0.05, 0) is 37.5 Å². The van der Waals surface area contributed by atoms with E-state index in [9.17, 15) is 4.79 Å². The number of benzene rings is 1. The van der Waals surface area contributed by atoms with Gasteiger partial charge in [-0.1, -0.05) is 18.7 Å². The highest BCUT2D eigenvalue weighted by Crippen LogP contribution is 2.19. The Morgan fingerprint density at radius 2 is 1.95 bits per heavy atom. The van der Waals surface area contributed by atoms with Gasteiger partial charge < -0.3 is 9.47 Å². The number of hydrogen-bond donors (Lipinski definition) is 1. The molecule has 0 fully saturated rings. The van der Waals surface area contributed by atoms with E-state index < -0.39 is 5.97 Å². The standard InChI is InChI=1S/C15H20O5/c1-3-15(16)19-11-5-4-10-18-14-8-6-13(7-9-14)12(2)20-17/h3,6-9,12,17H,1,4-5,10-11H2,2H3. The number of unbranched alkanes of at least 4 members (excludes halogenated alkanes) is 1. The zero-order chi connectivity index (χ0) is 14.8. The van der Waals surface area contributed by atoms with E-state index in [-0.39, 0.29) is 6.10 Å². The quantitative estimate of drug-likeness (QED) is 0.247. The zero-order valence-corrected chi connectivity index (χ0v) is 11.6. The molecule has 0 aliphatic heterocycles.